The Morgan fingerprint density at radius 2 is 2.04 bits per heavy atom. The van der Waals surface area contributed by atoms with Crippen LogP contribution in [0.1, 0.15) is 12.8 Å². The van der Waals surface area contributed by atoms with Gasteiger partial charge in [-0.2, -0.15) is 5.06 Å². The standard InChI is InChI=1S/C17H15ClN2O3/c1-2-22-20(13-6-4-3-5-7-13)17(21)11-16-19-14-9-8-12(18)10-15(14)23-16/h3-10H,2,11H2,1H3. The number of hydrogen-bond donors (Lipinski definition) is 0. The number of nitrogens with zero attached hydrogens (tertiary/aromatic N) is 2. The molecule has 0 fully saturated rings. The number of carbonyl (C=O) groups excluding carboxylic acids is 1. The molecule has 0 bridgehead atoms. The van der Waals surface area contributed by atoms with Gasteiger partial charge < -0.3 is 4.42 Å². The Labute approximate surface area is 138 Å². The summed E-state index contributed by atoms with van der Waals surface area (Å²) in [6, 6.07) is 14.3. The van der Waals surface area contributed by atoms with Gasteiger partial charge in [0.15, 0.2) is 5.58 Å². The molecule has 0 radical (unpaired) electrons. The van der Waals surface area contributed by atoms with Gasteiger partial charge in [-0.3, -0.25) is 9.63 Å². The maximum Gasteiger partial charge on any atom is 0.260 e. The number of hydrogen-bond acceptors (Lipinski definition) is 4. The third kappa shape index (κ3) is 3.52. The minimum atomic E-state index is -0.254. The number of rotatable bonds is 5. The van der Waals surface area contributed by atoms with Gasteiger partial charge in [0.05, 0.1) is 12.3 Å². The molecule has 0 aliphatic heterocycles. The molecule has 3 rings (SSSR count). The number of hydroxylamine groups is 1. The van der Waals surface area contributed by atoms with Crippen LogP contribution < -0.4 is 5.06 Å². The molecule has 0 saturated carbocycles. The first-order chi connectivity index (χ1) is 11.2. The van der Waals surface area contributed by atoms with Gasteiger partial charge in [0.1, 0.15) is 11.9 Å². The lowest BCUT2D eigenvalue weighted by atomic mass is 10.3. The third-order valence-electron chi connectivity index (χ3n) is 3.17. The highest BCUT2D eigenvalue weighted by Crippen LogP contribution is 2.21. The number of amides is 1. The van der Waals surface area contributed by atoms with E-state index in [1.54, 1.807) is 30.3 Å². The Kier molecular flexibility index (Phi) is 4.60. The lowest BCUT2D eigenvalue weighted by molar-refractivity contribution is -0.125. The zero-order chi connectivity index (χ0) is 16.2. The summed E-state index contributed by atoms with van der Waals surface area (Å²) in [6.07, 6.45) is 0.00118. The second-order valence-corrected chi connectivity index (χ2v) is 5.27. The number of oxazole rings is 1. The van der Waals surface area contributed by atoms with Crippen LogP contribution in [0.5, 0.6) is 0 Å². The number of halogens is 1. The molecule has 2 aromatic carbocycles. The van der Waals surface area contributed by atoms with E-state index in [0.29, 0.717) is 34.3 Å². The van der Waals surface area contributed by atoms with Gasteiger partial charge in [-0.1, -0.05) is 29.8 Å². The number of para-hydroxylation sites is 1. The average Bonchev–Trinajstić information content (AvgIpc) is 2.94. The van der Waals surface area contributed by atoms with Crippen molar-refractivity contribution in [3.05, 3.63) is 59.4 Å². The summed E-state index contributed by atoms with van der Waals surface area (Å²) in [5, 5.41) is 1.83. The van der Waals surface area contributed by atoms with Crippen LogP contribution in [0.25, 0.3) is 11.1 Å². The zero-order valence-electron chi connectivity index (χ0n) is 12.5. The zero-order valence-corrected chi connectivity index (χ0v) is 13.3. The number of anilines is 1. The smallest absolute Gasteiger partial charge is 0.260 e. The fourth-order valence-corrected chi connectivity index (χ4v) is 2.37. The Morgan fingerprint density at radius 3 is 2.78 bits per heavy atom. The fourth-order valence-electron chi connectivity index (χ4n) is 2.21. The summed E-state index contributed by atoms with van der Waals surface area (Å²) >= 11 is 5.92. The molecule has 5 nitrogen and oxygen atoms in total. The SMILES string of the molecule is CCON(C(=O)Cc1nc2ccc(Cl)cc2o1)c1ccccc1. The Morgan fingerprint density at radius 1 is 1.26 bits per heavy atom. The lowest BCUT2D eigenvalue weighted by Crippen LogP contribution is -2.32. The number of benzene rings is 2. The van der Waals surface area contributed by atoms with E-state index >= 15 is 0 Å². The van der Waals surface area contributed by atoms with E-state index in [1.807, 2.05) is 25.1 Å². The van der Waals surface area contributed by atoms with E-state index < -0.39 is 0 Å². The molecular formula is C17H15ClN2O3. The highest BCUT2D eigenvalue weighted by molar-refractivity contribution is 6.31. The summed E-state index contributed by atoms with van der Waals surface area (Å²) in [7, 11) is 0. The minimum Gasteiger partial charge on any atom is -0.440 e. The number of fused-ring (bicyclic) bond motifs is 1. The Bertz CT molecular complexity index is 817. The van der Waals surface area contributed by atoms with Gasteiger partial charge in [0.25, 0.3) is 5.91 Å². The predicted octanol–water partition coefficient (Wildman–Crippen LogP) is 4.01. The molecule has 0 N–H and O–H groups in total. The molecule has 6 heteroatoms. The van der Waals surface area contributed by atoms with Crippen LogP contribution >= 0.6 is 11.6 Å². The molecular weight excluding hydrogens is 316 g/mol. The molecule has 1 aromatic heterocycles. The van der Waals surface area contributed by atoms with Gasteiger partial charge in [0, 0.05) is 11.1 Å². The van der Waals surface area contributed by atoms with Crippen molar-refractivity contribution in [2.75, 3.05) is 11.7 Å². The Balaban J connectivity index is 1.82. The van der Waals surface area contributed by atoms with E-state index in [-0.39, 0.29) is 12.3 Å². The van der Waals surface area contributed by atoms with E-state index in [1.165, 1.54) is 5.06 Å². The van der Waals surface area contributed by atoms with Crippen molar-refractivity contribution in [1.82, 2.24) is 4.98 Å². The van der Waals surface area contributed by atoms with Crippen LogP contribution in [0.2, 0.25) is 5.02 Å². The first kappa shape index (κ1) is 15.5. The maximum atomic E-state index is 12.5. The van der Waals surface area contributed by atoms with E-state index in [4.69, 9.17) is 20.9 Å². The van der Waals surface area contributed by atoms with Crippen LogP contribution in [0.15, 0.2) is 52.9 Å². The highest BCUT2D eigenvalue weighted by Gasteiger charge is 2.19. The van der Waals surface area contributed by atoms with Crippen LogP contribution in [0, 0.1) is 0 Å². The highest BCUT2D eigenvalue weighted by atomic mass is 35.5. The minimum absolute atomic E-state index is 0.00118. The second-order valence-electron chi connectivity index (χ2n) is 4.84. The molecule has 0 atom stereocenters. The van der Waals surface area contributed by atoms with Crippen molar-refractivity contribution in [3.8, 4) is 0 Å². The summed E-state index contributed by atoms with van der Waals surface area (Å²) in [6.45, 7) is 2.20. The largest absolute Gasteiger partial charge is 0.440 e. The topological polar surface area (TPSA) is 55.6 Å². The summed E-state index contributed by atoms with van der Waals surface area (Å²) < 4.78 is 5.59. The summed E-state index contributed by atoms with van der Waals surface area (Å²) in [5.41, 5.74) is 1.89. The van der Waals surface area contributed by atoms with E-state index in [0.717, 1.165) is 0 Å². The summed E-state index contributed by atoms with van der Waals surface area (Å²) in [4.78, 5) is 22.3. The van der Waals surface area contributed by atoms with Crippen molar-refractivity contribution in [2.45, 2.75) is 13.3 Å². The summed E-state index contributed by atoms with van der Waals surface area (Å²) in [5.74, 6) is 0.0728. The molecule has 118 valence electrons. The van der Waals surface area contributed by atoms with Crippen LogP contribution in [0.4, 0.5) is 5.69 Å². The fraction of sp³-hybridized carbons (Fsp3) is 0.176. The van der Waals surface area contributed by atoms with Crippen molar-refractivity contribution in [1.29, 1.82) is 0 Å². The van der Waals surface area contributed by atoms with Gasteiger partial charge in [0.2, 0.25) is 5.89 Å². The van der Waals surface area contributed by atoms with Gasteiger partial charge in [-0.05, 0) is 31.2 Å². The maximum absolute atomic E-state index is 12.5. The van der Waals surface area contributed by atoms with Gasteiger partial charge in [-0.15, -0.1) is 0 Å². The van der Waals surface area contributed by atoms with Crippen LogP contribution in [-0.4, -0.2) is 17.5 Å². The normalized spacial score (nSPS) is 10.9. The quantitative estimate of drug-likeness (QED) is 0.663. The van der Waals surface area contributed by atoms with Crippen LogP contribution in [0.3, 0.4) is 0 Å². The Hall–Kier alpha value is -2.37. The molecule has 0 aliphatic carbocycles. The van der Waals surface area contributed by atoms with Crippen molar-refractivity contribution in [3.63, 3.8) is 0 Å². The third-order valence-corrected chi connectivity index (χ3v) is 3.41. The average molecular weight is 331 g/mol. The first-order valence-electron chi connectivity index (χ1n) is 7.23. The molecule has 1 amide bonds. The second kappa shape index (κ2) is 6.81. The lowest BCUT2D eigenvalue weighted by Gasteiger charge is -2.20. The van der Waals surface area contributed by atoms with Crippen LogP contribution in [-0.2, 0) is 16.1 Å². The molecule has 0 saturated heterocycles. The molecule has 23 heavy (non-hydrogen) atoms. The first-order valence-corrected chi connectivity index (χ1v) is 7.61. The van der Waals surface area contributed by atoms with E-state index in [2.05, 4.69) is 4.98 Å². The molecule has 0 aliphatic rings. The van der Waals surface area contributed by atoms with E-state index in [9.17, 15) is 4.79 Å². The number of aromatic nitrogens is 1. The number of carbonyl (C=O) groups is 1. The van der Waals surface area contributed by atoms with Crippen molar-refractivity contribution < 1.29 is 14.0 Å². The van der Waals surface area contributed by atoms with Gasteiger partial charge in [-0.25, -0.2) is 4.98 Å². The monoisotopic (exact) mass is 330 g/mol. The molecule has 0 unspecified atom stereocenters. The van der Waals surface area contributed by atoms with Gasteiger partial charge >= 0.3 is 0 Å². The molecule has 3 aromatic rings. The molecule has 1 heterocycles. The van der Waals surface area contributed by atoms with Crippen molar-refractivity contribution >= 4 is 34.3 Å². The predicted molar refractivity (Wildman–Crippen MR) is 88.3 cm³/mol. The molecule has 0 spiro atoms. The van der Waals surface area contributed by atoms with Crippen molar-refractivity contribution in [2.24, 2.45) is 0 Å².